The van der Waals surface area contributed by atoms with Gasteiger partial charge in [0.05, 0.1) is 12.4 Å². The minimum Gasteiger partial charge on any atom is -0.350 e. The number of nitrogens with zero attached hydrogens (tertiary/aromatic N) is 2. The number of carbonyl (C=O) groups excluding carboxylic acids is 2. The number of nitrogens with one attached hydrogen (secondary N) is 1. The van der Waals surface area contributed by atoms with E-state index < -0.39 is 0 Å². The molecule has 2 aliphatic rings. The van der Waals surface area contributed by atoms with Gasteiger partial charge in [-0.2, -0.15) is 0 Å². The lowest BCUT2D eigenvalue weighted by molar-refractivity contribution is -0.141. The molecule has 1 unspecified atom stereocenters. The van der Waals surface area contributed by atoms with Crippen molar-refractivity contribution < 1.29 is 9.59 Å². The summed E-state index contributed by atoms with van der Waals surface area (Å²) in [6.07, 6.45) is 4.25. The van der Waals surface area contributed by atoms with Gasteiger partial charge in [0.25, 0.3) is 0 Å². The van der Waals surface area contributed by atoms with Crippen molar-refractivity contribution in [3.05, 3.63) is 23.5 Å². The van der Waals surface area contributed by atoms with Gasteiger partial charge < -0.3 is 14.8 Å². The quantitative estimate of drug-likeness (QED) is 0.916. The van der Waals surface area contributed by atoms with E-state index in [1.54, 1.807) is 16.7 Å². The molecule has 1 aromatic heterocycles. The molecule has 6 heteroatoms. The molecule has 0 radical (unpaired) electrons. The summed E-state index contributed by atoms with van der Waals surface area (Å²) in [6.45, 7) is 2.55. The normalized spacial score (nSPS) is 21.8. The number of hydrogen-bond donors (Lipinski definition) is 1. The van der Waals surface area contributed by atoms with Crippen molar-refractivity contribution in [2.45, 2.75) is 45.2 Å². The molecule has 1 aliphatic heterocycles. The van der Waals surface area contributed by atoms with E-state index in [0.29, 0.717) is 18.2 Å². The van der Waals surface area contributed by atoms with Crippen LogP contribution in [0.4, 0.5) is 0 Å². The van der Waals surface area contributed by atoms with Gasteiger partial charge in [-0.15, -0.1) is 11.8 Å². The molecule has 0 spiro atoms. The monoisotopic (exact) mass is 335 g/mol. The lowest BCUT2D eigenvalue weighted by atomic mass is 10.1. The van der Waals surface area contributed by atoms with Crippen LogP contribution in [0.15, 0.2) is 12.1 Å². The highest BCUT2D eigenvalue weighted by Crippen LogP contribution is 2.30. The van der Waals surface area contributed by atoms with E-state index in [2.05, 4.69) is 9.88 Å². The molecule has 1 saturated carbocycles. The maximum absolute atomic E-state index is 12.6. The van der Waals surface area contributed by atoms with E-state index in [-0.39, 0.29) is 23.8 Å². The van der Waals surface area contributed by atoms with Crippen LogP contribution in [0.1, 0.15) is 37.1 Å². The summed E-state index contributed by atoms with van der Waals surface area (Å²) in [5.74, 6) is 1.65. The average molecular weight is 335 g/mol. The topological polar surface area (TPSA) is 54.3 Å². The van der Waals surface area contributed by atoms with Gasteiger partial charge in [-0.3, -0.25) is 9.59 Å². The van der Waals surface area contributed by atoms with Crippen molar-refractivity contribution in [1.82, 2.24) is 14.8 Å². The zero-order chi connectivity index (χ0) is 16.4. The summed E-state index contributed by atoms with van der Waals surface area (Å²) in [5.41, 5.74) is 2.25. The number of amides is 2. The molecule has 0 bridgehead atoms. The van der Waals surface area contributed by atoms with Crippen LogP contribution in [0.3, 0.4) is 0 Å². The summed E-state index contributed by atoms with van der Waals surface area (Å²) in [4.78, 5) is 27.0. The summed E-state index contributed by atoms with van der Waals surface area (Å²) in [7, 11) is 2.00. The molecule has 23 heavy (non-hydrogen) atoms. The fraction of sp³-hybridized carbons (Fsp3) is 0.647. The number of rotatable bonds is 4. The minimum atomic E-state index is -0.311. The largest absolute Gasteiger partial charge is 0.350 e. The molecule has 126 valence electrons. The average Bonchev–Trinajstić information content (AvgIpc) is 3.28. The molecule has 2 heterocycles. The molecule has 2 amide bonds. The summed E-state index contributed by atoms with van der Waals surface area (Å²) in [5, 5.41) is 3.00. The first-order chi connectivity index (χ1) is 11.1. The van der Waals surface area contributed by atoms with Gasteiger partial charge in [0.15, 0.2) is 0 Å². The molecule has 1 N–H and O–H groups in total. The van der Waals surface area contributed by atoms with Gasteiger partial charge in [-0.05, 0) is 31.9 Å². The van der Waals surface area contributed by atoms with Crippen molar-refractivity contribution in [1.29, 1.82) is 0 Å². The molecular formula is C17H25N3O2S. The van der Waals surface area contributed by atoms with Gasteiger partial charge in [-0.25, -0.2) is 0 Å². The Labute approximate surface area is 141 Å². The van der Waals surface area contributed by atoms with E-state index in [1.807, 2.05) is 26.1 Å². The smallest absolute Gasteiger partial charge is 0.244 e. The van der Waals surface area contributed by atoms with Crippen molar-refractivity contribution in [2.75, 3.05) is 11.6 Å². The van der Waals surface area contributed by atoms with E-state index in [1.165, 1.54) is 5.69 Å². The van der Waals surface area contributed by atoms with Crippen LogP contribution in [0.25, 0.3) is 0 Å². The summed E-state index contributed by atoms with van der Waals surface area (Å²) in [6, 6.07) is 3.76. The fourth-order valence-corrected chi connectivity index (χ4v) is 4.59. The predicted octanol–water partition coefficient (Wildman–Crippen LogP) is 2.04. The molecule has 1 atom stereocenters. The highest BCUT2D eigenvalue weighted by Gasteiger charge is 2.38. The third-order valence-electron chi connectivity index (χ3n) is 5.09. The van der Waals surface area contributed by atoms with E-state index in [9.17, 15) is 9.59 Å². The molecule has 5 nitrogen and oxygen atoms in total. The molecular weight excluding hydrogens is 310 g/mol. The summed E-state index contributed by atoms with van der Waals surface area (Å²) >= 11 is 1.67. The highest BCUT2D eigenvalue weighted by molar-refractivity contribution is 7.99. The molecule has 3 rings (SSSR count). The van der Waals surface area contributed by atoms with Crippen LogP contribution < -0.4 is 5.32 Å². The number of hydrogen-bond acceptors (Lipinski definition) is 3. The third-order valence-corrected chi connectivity index (χ3v) is 6.11. The van der Waals surface area contributed by atoms with Crippen LogP contribution in [0.2, 0.25) is 0 Å². The number of aryl methyl sites for hydroxylation is 1. The standard InChI is InChI=1S/C17H25N3O2S/c1-12-7-8-14(19(12)2)9-18-16(21)15-10-23-11-20(15)17(22)13-5-3-4-6-13/h7-8,13,15H,3-6,9-11H2,1-2H3,(H,18,21). The number of aromatic nitrogens is 1. The van der Waals surface area contributed by atoms with E-state index >= 15 is 0 Å². The van der Waals surface area contributed by atoms with Crippen LogP contribution in [-0.4, -0.2) is 39.0 Å². The zero-order valence-electron chi connectivity index (χ0n) is 13.9. The second-order valence-corrected chi connectivity index (χ2v) is 7.55. The molecule has 2 fully saturated rings. The maximum Gasteiger partial charge on any atom is 0.244 e. The van der Waals surface area contributed by atoms with Crippen molar-refractivity contribution in [3.8, 4) is 0 Å². The first kappa shape index (κ1) is 16.4. The van der Waals surface area contributed by atoms with Crippen molar-refractivity contribution in [3.63, 3.8) is 0 Å². The lowest BCUT2D eigenvalue weighted by Crippen LogP contribution is -2.48. The van der Waals surface area contributed by atoms with E-state index in [0.717, 1.165) is 31.4 Å². The zero-order valence-corrected chi connectivity index (χ0v) is 14.7. The van der Waals surface area contributed by atoms with Crippen LogP contribution in [-0.2, 0) is 23.2 Å². The first-order valence-corrected chi connectivity index (χ1v) is 9.50. The van der Waals surface area contributed by atoms with Gasteiger partial charge >= 0.3 is 0 Å². The molecule has 1 aromatic rings. The van der Waals surface area contributed by atoms with Crippen LogP contribution in [0.5, 0.6) is 0 Å². The number of carbonyl (C=O) groups is 2. The van der Waals surface area contributed by atoms with Crippen molar-refractivity contribution in [2.24, 2.45) is 13.0 Å². The number of thioether (sulfide) groups is 1. The Hall–Kier alpha value is -1.43. The molecule has 0 aromatic carbocycles. The second-order valence-electron chi connectivity index (χ2n) is 6.55. The maximum atomic E-state index is 12.6. The van der Waals surface area contributed by atoms with E-state index in [4.69, 9.17) is 0 Å². The predicted molar refractivity (Wildman–Crippen MR) is 91.9 cm³/mol. The Morgan fingerprint density at radius 1 is 1.30 bits per heavy atom. The molecule has 1 aliphatic carbocycles. The highest BCUT2D eigenvalue weighted by atomic mass is 32.2. The Balaban J connectivity index is 1.59. The van der Waals surface area contributed by atoms with Crippen LogP contribution in [0, 0.1) is 12.8 Å². The second kappa shape index (κ2) is 6.99. The van der Waals surface area contributed by atoms with Crippen LogP contribution >= 0.6 is 11.8 Å². The van der Waals surface area contributed by atoms with Crippen molar-refractivity contribution >= 4 is 23.6 Å². The van der Waals surface area contributed by atoms with Gasteiger partial charge in [0, 0.05) is 30.1 Å². The molecule has 1 saturated heterocycles. The Kier molecular flexibility index (Phi) is 4.99. The SMILES string of the molecule is Cc1ccc(CNC(=O)C2CSCN2C(=O)C2CCCC2)n1C. The summed E-state index contributed by atoms with van der Waals surface area (Å²) < 4.78 is 2.07. The van der Waals surface area contributed by atoms with Gasteiger partial charge in [-0.1, -0.05) is 12.8 Å². The fourth-order valence-electron chi connectivity index (χ4n) is 3.42. The third kappa shape index (κ3) is 3.42. The Morgan fingerprint density at radius 2 is 2.04 bits per heavy atom. The Morgan fingerprint density at radius 3 is 2.70 bits per heavy atom. The first-order valence-electron chi connectivity index (χ1n) is 8.35. The lowest BCUT2D eigenvalue weighted by Gasteiger charge is -2.25. The minimum absolute atomic E-state index is 0.0276. The van der Waals surface area contributed by atoms with Gasteiger partial charge in [0.1, 0.15) is 6.04 Å². The van der Waals surface area contributed by atoms with Gasteiger partial charge in [0.2, 0.25) is 11.8 Å². The Bertz CT molecular complexity index is 593.